The molecule has 102 valence electrons. The maximum absolute atomic E-state index is 4.15. The summed E-state index contributed by atoms with van der Waals surface area (Å²) in [6.07, 6.45) is 2.96. The molecule has 1 aromatic carbocycles. The minimum Gasteiger partial charge on any atom is -0.375 e. The fourth-order valence-electron chi connectivity index (χ4n) is 2.04. The van der Waals surface area contributed by atoms with E-state index in [1.807, 2.05) is 30.1 Å². The summed E-state index contributed by atoms with van der Waals surface area (Å²) in [6, 6.07) is 12.5. The summed E-state index contributed by atoms with van der Waals surface area (Å²) in [5.74, 6) is 0. The molecule has 19 heavy (non-hydrogen) atoms. The molecule has 0 radical (unpaired) electrons. The lowest BCUT2D eigenvalue weighted by Gasteiger charge is -2.19. The first-order valence-electron chi connectivity index (χ1n) is 6.71. The number of benzene rings is 1. The van der Waals surface area contributed by atoms with Crippen LogP contribution in [0, 0.1) is 0 Å². The number of anilines is 1. The molecule has 0 amide bonds. The third kappa shape index (κ3) is 4.10. The van der Waals surface area contributed by atoms with Gasteiger partial charge in [0.15, 0.2) is 0 Å². The zero-order chi connectivity index (χ0) is 13.5. The van der Waals surface area contributed by atoms with E-state index in [1.54, 1.807) is 0 Å². The quantitative estimate of drug-likeness (QED) is 0.772. The first-order valence-corrected chi connectivity index (χ1v) is 6.71. The summed E-state index contributed by atoms with van der Waals surface area (Å²) in [5, 5.41) is 7.60. The number of aryl methyl sites for hydroxylation is 1. The van der Waals surface area contributed by atoms with E-state index in [0.717, 1.165) is 26.1 Å². The average molecular weight is 258 g/mol. The lowest BCUT2D eigenvalue weighted by atomic mass is 10.3. The van der Waals surface area contributed by atoms with Crippen molar-refractivity contribution < 1.29 is 0 Å². The number of para-hydroxylation sites is 1. The van der Waals surface area contributed by atoms with Crippen molar-refractivity contribution in [2.75, 3.05) is 25.0 Å². The number of hydrogen-bond donors (Lipinski definition) is 1. The Kier molecular flexibility index (Phi) is 4.98. The predicted molar refractivity (Wildman–Crippen MR) is 79.2 cm³/mol. The highest BCUT2D eigenvalue weighted by atomic mass is 15.3. The Morgan fingerprint density at radius 2 is 2.00 bits per heavy atom. The summed E-state index contributed by atoms with van der Waals surface area (Å²) < 4.78 is 1.91. The van der Waals surface area contributed by atoms with Crippen molar-refractivity contribution in [3.05, 3.63) is 48.3 Å². The normalized spacial score (nSPS) is 10.6. The van der Waals surface area contributed by atoms with Crippen LogP contribution in [0.4, 0.5) is 5.69 Å². The topological polar surface area (TPSA) is 33.1 Å². The molecule has 2 aromatic rings. The van der Waals surface area contributed by atoms with Crippen molar-refractivity contribution in [1.82, 2.24) is 15.1 Å². The van der Waals surface area contributed by atoms with Gasteiger partial charge >= 0.3 is 0 Å². The molecule has 0 aliphatic carbocycles. The number of hydrogen-bond acceptors (Lipinski definition) is 3. The maximum Gasteiger partial charge on any atom is 0.0518 e. The first kappa shape index (κ1) is 13.6. The number of nitrogens with zero attached hydrogens (tertiary/aromatic N) is 3. The minimum atomic E-state index is 0.881. The van der Waals surface area contributed by atoms with E-state index < -0.39 is 0 Å². The molecule has 0 saturated carbocycles. The lowest BCUT2D eigenvalue weighted by Crippen LogP contribution is -2.24. The second kappa shape index (κ2) is 6.95. The average Bonchev–Trinajstić information content (AvgIpc) is 2.85. The Bertz CT molecular complexity index is 478. The van der Waals surface area contributed by atoms with Crippen molar-refractivity contribution in [3.63, 3.8) is 0 Å². The second-order valence-electron chi connectivity index (χ2n) is 4.73. The van der Waals surface area contributed by atoms with E-state index in [4.69, 9.17) is 0 Å². The van der Waals surface area contributed by atoms with Gasteiger partial charge in [-0.1, -0.05) is 18.2 Å². The van der Waals surface area contributed by atoms with Crippen LogP contribution in [0.3, 0.4) is 0 Å². The van der Waals surface area contributed by atoms with Crippen LogP contribution in [-0.4, -0.2) is 29.9 Å². The molecule has 0 atom stereocenters. The molecule has 4 nitrogen and oxygen atoms in total. The summed E-state index contributed by atoms with van der Waals surface area (Å²) in [7, 11) is 4.11. The van der Waals surface area contributed by atoms with Crippen LogP contribution in [0.15, 0.2) is 42.6 Å². The molecule has 1 aromatic heterocycles. The third-order valence-electron chi connectivity index (χ3n) is 3.27. The van der Waals surface area contributed by atoms with Crippen molar-refractivity contribution in [2.24, 2.45) is 7.05 Å². The predicted octanol–water partition coefficient (Wildman–Crippen LogP) is 2.04. The Hall–Kier alpha value is -1.81. The van der Waals surface area contributed by atoms with Crippen LogP contribution < -0.4 is 10.2 Å². The number of rotatable bonds is 7. The van der Waals surface area contributed by atoms with Gasteiger partial charge in [-0.15, -0.1) is 0 Å². The summed E-state index contributed by atoms with van der Waals surface area (Å²) in [5.41, 5.74) is 2.49. The van der Waals surface area contributed by atoms with E-state index in [1.165, 1.54) is 11.4 Å². The monoisotopic (exact) mass is 258 g/mol. The molecular formula is C15H22N4. The van der Waals surface area contributed by atoms with E-state index in [-0.39, 0.29) is 0 Å². The van der Waals surface area contributed by atoms with Crippen molar-refractivity contribution >= 4 is 5.69 Å². The summed E-state index contributed by atoms with van der Waals surface area (Å²) >= 11 is 0. The van der Waals surface area contributed by atoms with Gasteiger partial charge in [0.1, 0.15) is 0 Å². The molecule has 1 N–H and O–H groups in total. The molecule has 2 rings (SSSR count). The van der Waals surface area contributed by atoms with Crippen LogP contribution in [0.25, 0.3) is 0 Å². The van der Waals surface area contributed by atoms with Gasteiger partial charge in [0.05, 0.1) is 5.69 Å². The Morgan fingerprint density at radius 3 is 2.68 bits per heavy atom. The molecule has 0 aliphatic rings. The van der Waals surface area contributed by atoms with E-state index in [9.17, 15) is 0 Å². The summed E-state index contributed by atoms with van der Waals surface area (Å²) in [6.45, 7) is 2.95. The van der Waals surface area contributed by atoms with Crippen LogP contribution in [-0.2, 0) is 13.6 Å². The Morgan fingerprint density at radius 1 is 1.21 bits per heavy atom. The maximum atomic E-state index is 4.15. The van der Waals surface area contributed by atoms with Crippen LogP contribution in [0.1, 0.15) is 12.1 Å². The van der Waals surface area contributed by atoms with Crippen LogP contribution in [0.5, 0.6) is 0 Å². The number of nitrogens with one attached hydrogen (secondary N) is 1. The van der Waals surface area contributed by atoms with Gasteiger partial charge in [-0.25, -0.2) is 0 Å². The smallest absolute Gasteiger partial charge is 0.0518 e. The molecule has 0 fully saturated rings. The highest BCUT2D eigenvalue weighted by molar-refractivity contribution is 5.44. The minimum absolute atomic E-state index is 0.881. The molecule has 4 heteroatoms. The standard InChI is InChI=1S/C15H22N4/c1-18(14-7-4-3-5-8-14)12-6-10-16-13-15-9-11-17-19(15)2/h3-5,7-9,11,16H,6,10,12-13H2,1-2H3. The van der Waals surface area contributed by atoms with Gasteiger partial charge in [0, 0.05) is 39.1 Å². The second-order valence-corrected chi connectivity index (χ2v) is 4.73. The van der Waals surface area contributed by atoms with Crippen LogP contribution in [0.2, 0.25) is 0 Å². The largest absolute Gasteiger partial charge is 0.375 e. The van der Waals surface area contributed by atoms with E-state index in [0.29, 0.717) is 0 Å². The van der Waals surface area contributed by atoms with Gasteiger partial charge in [-0.2, -0.15) is 5.10 Å². The molecule has 0 unspecified atom stereocenters. The van der Waals surface area contributed by atoms with Gasteiger partial charge in [-0.05, 0) is 31.2 Å². The molecule has 0 spiro atoms. The molecule has 0 saturated heterocycles. The SMILES string of the molecule is CN(CCCNCc1ccnn1C)c1ccccc1. The Labute approximate surface area is 115 Å². The molecule has 1 heterocycles. The summed E-state index contributed by atoms with van der Waals surface area (Å²) in [4.78, 5) is 2.28. The van der Waals surface area contributed by atoms with Crippen molar-refractivity contribution in [2.45, 2.75) is 13.0 Å². The molecule has 0 bridgehead atoms. The fraction of sp³-hybridized carbons (Fsp3) is 0.400. The highest BCUT2D eigenvalue weighted by Gasteiger charge is 2.00. The van der Waals surface area contributed by atoms with Crippen molar-refractivity contribution in [1.29, 1.82) is 0 Å². The number of aromatic nitrogens is 2. The zero-order valence-corrected chi connectivity index (χ0v) is 11.7. The fourth-order valence-corrected chi connectivity index (χ4v) is 2.04. The van der Waals surface area contributed by atoms with Gasteiger partial charge in [0.2, 0.25) is 0 Å². The van der Waals surface area contributed by atoms with E-state index in [2.05, 4.69) is 46.6 Å². The van der Waals surface area contributed by atoms with Gasteiger partial charge < -0.3 is 10.2 Å². The third-order valence-corrected chi connectivity index (χ3v) is 3.27. The lowest BCUT2D eigenvalue weighted by molar-refractivity contribution is 0.606. The van der Waals surface area contributed by atoms with Crippen molar-refractivity contribution in [3.8, 4) is 0 Å². The van der Waals surface area contributed by atoms with E-state index >= 15 is 0 Å². The first-order chi connectivity index (χ1) is 9.27. The van der Waals surface area contributed by atoms with Gasteiger partial charge in [0.25, 0.3) is 0 Å². The molecular weight excluding hydrogens is 236 g/mol. The van der Waals surface area contributed by atoms with Crippen LogP contribution >= 0.6 is 0 Å². The zero-order valence-electron chi connectivity index (χ0n) is 11.7. The highest BCUT2D eigenvalue weighted by Crippen LogP contribution is 2.10. The Balaban J connectivity index is 1.63. The molecule has 0 aliphatic heterocycles. The van der Waals surface area contributed by atoms with Gasteiger partial charge in [-0.3, -0.25) is 4.68 Å².